The van der Waals surface area contributed by atoms with Crippen molar-refractivity contribution in [2.45, 2.75) is 26.9 Å². The van der Waals surface area contributed by atoms with Crippen LogP contribution in [0, 0.1) is 12.7 Å². The Morgan fingerprint density at radius 2 is 2.12 bits per heavy atom. The van der Waals surface area contributed by atoms with Crippen molar-refractivity contribution < 1.29 is 9.18 Å². The first-order valence-electron chi connectivity index (χ1n) is 7.77. The minimum atomic E-state index is -0.431. The van der Waals surface area contributed by atoms with E-state index in [4.69, 9.17) is 11.6 Å². The van der Waals surface area contributed by atoms with E-state index in [9.17, 15) is 14.0 Å². The number of aryl methyl sites for hydroxylation is 2. The fourth-order valence-electron chi connectivity index (χ4n) is 2.72. The van der Waals surface area contributed by atoms with E-state index in [2.05, 4.69) is 5.32 Å². The number of nitrogens with zero attached hydrogens (tertiary/aromatic N) is 1. The second-order valence-electron chi connectivity index (χ2n) is 5.60. The standard InChI is InChI=1S/C18H16ClFN2O2S/c1-3-22-7-6-14-16(18(22)24)15(10(2)25-14)17(23)21-9-11-4-5-12(20)8-13(11)19/h4-8H,3,9H2,1-2H3,(H,21,23). The molecule has 0 atom stereocenters. The molecule has 2 aromatic heterocycles. The lowest BCUT2D eigenvalue weighted by atomic mass is 10.1. The Morgan fingerprint density at radius 1 is 1.36 bits per heavy atom. The van der Waals surface area contributed by atoms with E-state index in [1.807, 2.05) is 19.9 Å². The van der Waals surface area contributed by atoms with Crippen molar-refractivity contribution >= 4 is 38.9 Å². The van der Waals surface area contributed by atoms with Gasteiger partial charge in [-0.1, -0.05) is 17.7 Å². The molecule has 0 radical (unpaired) electrons. The third-order valence-corrected chi connectivity index (χ3v) is 5.44. The lowest BCUT2D eigenvalue weighted by Gasteiger charge is -2.08. The van der Waals surface area contributed by atoms with Crippen LogP contribution in [0.3, 0.4) is 0 Å². The molecule has 2 heterocycles. The predicted molar refractivity (Wildman–Crippen MR) is 99.1 cm³/mol. The van der Waals surface area contributed by atoms with Crippen LogP contribution < -0.4 is 10.9 Å². The van der Waals surface area contributed by atoms with Gasteiger partial charge in [0.15, 0.2) is 0 Å². The summed E-state index contributed by atoms with van der Waals surface area (Å²) in [6.45, 7) is 4.39. The van der Waals surface area contributed by atoms with Gasteiger partial charge >= 0.3 is 0 Å². The average molecular weight is 379 g/mol. The minimum absolute atomic E-state index is 0.156. The molecule has 7 heteroatoms. The zero-order valence-corrected chi connectivity index (χ0v) is 15.3. The van der Waals surface area contributed by atoms with Crippen LogP contribution in [0.4, 0.5) is 4.39 Å². The molecule has 0 unspecified atom stereocenters. The lowest BCUT2D eigenvalue weighted by Crippen LogP contribution is -2.26. The minimum Gasteiger partial charge on any atom is -0.348 e. The van der Waals surface area contributed by atoms with Gasteiger partial charge in [-0.3, -0.25) is 9.59 Å². The molecule has 0 spiro atoms. The molecule has 3 aromatic rings. The van der Waals surface area contributed by atoms with Gasteiger partial charge in [-0.15, -0.1) is 11.3 Å². The molecule has 0 saturated heterocycles. The number of fused-ring (bicyclic) bond motifs is 1. The Morgan fingerprint density at radius 3 is 2.80 bits per heavy atom. The molecule has 0 fully saturated rings. The van der Waals surface area contributed by atoms with E-state index >= 15 is 0 Å². The van der Waals surface area contributed by atoms with Gasteiger partial charge in [0.25, 0.3) is 11.5 Å². The SMILES string of the molecule is CCn1ccc2sc(C)c(C(=O)NCc3ccc(F)cc3Cl)c2c1=O. The van der Waals surface area contributed by atoms with E-state index in [-0.39, 0.29) is 23.0 Å². The highest BCUT2D eigenvalue weighted by Gasteiger charge is 2.20. The molecule has 0 aliphatic heterocycles. The van der Waals surface area contributed by atoms with Crippen LogP contribution in [0.15, 0.2) is 35.3 Å². The van der Waals surface area contributed by atoms with Crippen LogP contribution in [-0.4, -0.2) is 10.5 Å². The maximum atomic E-state index is 13.1. The van der Waals surface area contributed by atoms with Crippen LogP contribution in [0.1, 0.15) is 27.7 Å². The molecule has 1 aromatic carbocycles. The number of carbonyl (C=O) groups is 1. The van der Waals surface area contributed by atoms with Crippen LogP contribution in [0.25, 0.3) is 10.1 Å². The van der Waals surface area contributed by atoms with Gasteiger partial charge in [-0.05, 0) is 37.6 Å². The highest BCUT2D eigenvalue weighted by molar-refractivity contribution is 7.19. The van der Waals surface area contributed by atoms with Gasteiger partial charge in [0.2, 0.25) is 0 Å². The molecule has 0 aliphatic rings. The molecule has 130 valence electrons. The molecule has 4 nitrogen and oxygen atoms in total. The van der Waals surface area contributed by atoms with Crippen molar-refractivity contribution in [1.29, 1.82) is 0 Å². The third-order valence-electron chi connectivity index (χ3n) is 4.01. The average Bonchev–Trinajstić information content (AvgIpc) is 2.91. The summed E-state index contributed by atoms with van der Waals surface area (Å²) in [6.07, 6.45) is 1.74. The third kappa shape index (κ3) is 3.32. The summed E-state index contributed by atoms with van der Waals surface area (Å²) in [7, 11) is 0. The molecule has 25 heavy (non-hydrogen) atoms. The monoisotopic (exact) mass is 378 g/mol. The van der Waals surface area contributed by atoms with E-state index in [0.29, 0.717) is 23.1 Å². The van der Waals surface area contributed by atoms with Crippen molar-refractivity contribution in [3.05, 3.63) is 67.7 Å². The van der Waals surface area contributed by atoms with E-state index < -0.39 is 5.82 Å². The first-order valence-corrected chi connectivity index (χ1v) is 8.96. The molecule has 0 saturated carbocycles. The van der Waals surface area contributed by atoms with Crippen LogP contribution in [-0.2, 0) is 13.1 Å². The number of benzene rings is 1. The zero-order valence-electron chi connectivity index (χ0n) is 13.7. The molecule has 1 N–H and O–H groups in total. The number of hydrogen-bond donors (Lipinski definition) is 1. The van der Waals surface area contributed by atoms with E-state index in [0.717, 1.165) is 9.58 Å². The number of pyridine rings is 1. The number of rotatable bonds is 4. The lowest BCUT2D eigenvalue weighted by molar-refractivity contribution is 0.0952. The van der Waals surface area contributed by atoms with Crippen molar-refractivity contribution in [2.24, 2.45) is 0 Å². The first kappa shape index (κ1) is 17.6. The summed E-state index contributed by atoms with van der Waals surface area (Å²) >= 11 is 7.40. The predicted octanol–water partition coefficient (Wildman–Crippen LogP) is 4.11. The summed E-state index contributed by atoms with van der Waals surface area (Å²) in [5, 5.41) is 3.46. The van der Waals surface area contributed by atoms with Gasteiger partial charge in [-0.2, -0.15) is 0 Å². The second-order valence-corrected chi connectivity index (χ2v) is 7.26. The highest BCUT2D eigenvalue weighted by Crippen LogP contribution is 2.28. The Labute approximate surface area is 152 Å². The molecule has 1 amide bonds. The van der Waals surface area contributed by atoms with E-state index in [1.165, 1.54) is 29.5 Å². The summed E-state index contributed by atoms with van der Waals surface area (Å²) in [5.74, 6) is -0.769. The van der Waals surface area contributed by atoms with E-state index in [1.54, 1.807) is 10.8 Å². The maximum Gasteiger partial charge on any atom is 0.260 e. The number of carbonyl (C=O) groups excluding carboxylic acids is 1. The van der Waals surface area contributed by atoms with Gasteiger partial charge in [0.1, 0.15) is 5.82 Å². The number of halogens is 2. The molecule has 0 bridgehead atoms. The fraction of sp³-hybridized carbons (Fsp3) is 0.222. The molecular weight excluding hydrogens is 363 g/mol. The number of aromatic nitrogens is 1. The first-order chi connectivity index (χ1) is 11.9. The van der Waals surface area contributed by atoms with Gasteiger partial charge in [0.05, 0.1) is 10.9 Å². The zero-order chi connectivity index (χ0) is 18.1. The maximum absolute atomic E-state index is 13.1. The Bertz CT molecular complexity index is 1030. The van der Waals surface area contributed by atoms with Crippen LogP contribution in [0.2, 0.25) is 5.02 Å². The van der Waals surface area contributed by atoms with Gasteiger partial charge < -0.3 is 9.88 Å². The summed E-state index contributed by atoms with van der Waals surface area (Å²) in [4.78, 5) is 26.0. The fourth-order valence-corrected chi connectivity index (χ4v) is 4.00. The quantitative estimate of drug-likeness (QED) is 0.742. The van der Waals surface area contributed by atoms with Gasteiger partial charge in [0, 0.05) is 33.9 Å². The molecular formula is C18H16ClFN2O2S. The second kappa shape index (κ2) is 6.98. The topological polar surface area (TPSA) is 51.1 Å². The number of hydrogen-bond acceptors (Lipinski definition) is 3. The van der Waals surface area contributed by atoms with Gasteiger partial charge in [-0.25, -0.2) is 4.39 Å². The summed E-state index contributed by atoms with van der Waals surface area (Å²) in [5.41, 5.74) is 0.833. The highest BCUT2D eigenvalue weighted by atomic mass is 35.5. The van der Waals surface area contributed by atoms with Crippen molar-refractivity contribution in [1.82, 2.24) is 9.88 Å². The number of thiophene rings is 1. The molecule has 0 aliphatic carbocycles. The smallest absolute Gasteiger partial charge is 0.260 e. The van der Waals surface area contributed by atoms with Crippen molar-refractivity contribution in [3.63, 3.8) is 0 Å². The number of amides is 1. The largest absolute Gasteiger partial charge is 0.348 e. The molecule has 3 rings (SSSR count). The summed E-state index contributed by atoms with van der Waals surface area (Å²) in [6, 6.07) is 5.87. The summed E-state index contributed by atoms with van der Waals surface area (Å²) < 4.78 is 15.5. The van der Waals surface area contributed by atoms with Crippen LogP contribution in [0.5, 0.6) is 0 Å². The van der Waals surface area contributed by atoms with Crippen molar-refractivity contribution in [2.75, 3.05) is 0 Å². The Kier molecular flexibility index (Phi) is 4.92. The number of nitrogens with one attached hydrogen (secondary N) is 1. The Hall–Kier alpha value is -2.18. The Balaban J connectivity index is 1.94. The normalized spacial score (nSPS) is 11.0. The van der Waals surface area contributed by atoms with Crippen LogP contribution >= 0.6 is 22.9 Å². The van der Waals surface area contributed by atoms with Crippen molar-refractivity contribution in [3.8, 4) is 0 Å².